The number of hydrogen-bond acceptors (Lipinski definition) is 4. The molecule has 4 rings (SSSR count). The highest BCUT2D eigenvalue weighted by Crippen LogP contribution is 2.34. The Morgan fingerprint density at radius 3 is 2.93 bits per heavy atom. The molecule has 27 heavy (non-hydrogen) atoms. The van der Waals surface area contributed by atoms with Crippen LogP contribution >= 0.6 is 11.6 Å². The summed E-state index contributed by atoms with van der Waals surface area (Å²) >= 11 is 6.58. The van der Waals surface area contributed by atoms with Crippen molar-refractivity contribution in [3.63, 3.8) is 0 Å². The third-order valence-electron chi connectivity index (χ3n) is 5.23. The zero-order valence-corrected chi connectivity index (χ0v) is 15.6. The van der Waals surface area contributed by atoms with E-state index >= 15 is 0 Å². The van der Waals surface area contributed by atoms with Crippen LogP contribution in [0.1, 0.15) is 52.1 Å². The Bertz CT molecular complexity index is 998. The molecule has 0 fully saturated rings. The normalized spacial score (nSPS) is 17.2. The molecule has 2 heterocycles. The van der Waals surface area contributed by atoms with Gasteiger partial charge in [0, 0.05) is 30.1 Å². The summed E-state index contributed by atoms with van der Waals surface area (Å²) in [6.45, 7) is 0.795. The number of aliphatic hydroxyl groups is 1. The second-order valence-electron chi connectivity index (χ2n) is 6.96. The van der Waals surface area contributed by atoms with Crippen molar-refractivity contribution in [2.24, 2.45) is 5.73 Å². The lowest BCUT2D eigenvalue weighted by Gasteiger charge is -2.13. The molecule has 2 unspecified atom stereocenters. The summed E-state index contributed by atoms with van der Waals surface area (Å²) in [6, 6.07) is 13.0. The van der Waals surface area contributed by atoms with Crippen LogP contribution in [0.4, 0.5) is 0 Å². The lowest BCUT2D eigenvalue weighted by molar-refractivity contribution is 0.0944. The van der Waals surface area contributed by atoms with Gasteiger partial charge in [-0.3, -0.25) is 10.1 Å². The molecule has 5 N–H and O–H groups in total. The van der Waals surface area contributed by atoms with Gasteiger partial charge in [-0.05, 0) is 41.7 Å². The van der Waals surface area contributed by atoms with Crippen molar-refractivity contribution in [3.05, 3.63) is 69.9 Å². The van der Waals surface area contributed by atoms with Gasteiger partial charge >= 0.3 is 0 Å². The number of fused-ring (bicyclic) bond motifs is 2. The van der Waals surface area contributed by atoms with Crippen LogP contribution in [0.15, 0.2) is 42.5 Å². The van der Waals surface area contributed by atoms with Crippen molar-refractivity contribution in [1.29, 1.82) is 0 Å². The molecule has 0 saturated heterocycles. The minimum atomic E-state index is -0.348. The maximum absolute atomic E-state index is 13.1. The highest BCUT2D eigenvalue weighted by molar-refractivity contribution is 6.36. The van der Waals surface area contributed by atoms with E-state index in [1.807, 2.05) is 42.5 Å². The van der Waals surface area contributed by atoms with Gasteiger partial charge in [-0.25, -0.2) is 0 Å². The Morgan fingerprint density at radius 1 is 1.30 bits per heavy atom. The highest BCUT2D eigenvalue weighted by atomic mass is 35.5. The first-order valence-electron chi connectivity index (χ1n) is 9.13. The van der Waals surface area contributed by atoms with Gasteiger partial charge < -0.3 is 15.8 Å². The Balaban J connectivity index is 1.66. The largest absolute Gasteiger partial charge is 0.396 e. The van der Waals surface area contributed by atoms with Crippen LogP contribution < -0.4 is 11.1 Å². The van der Waals surface area contributed by atoms with E-state index in [4.69, 9.17) is 22.4 Å². The Hall–Kier alpha value is -2.18. The van der Waals surface area contributed by atoms with E-state index in [1.165, 1.54) is 0 Å². The SMILES string of the molecule is NC(CCCO)c1ccc2[nH]c(C(=O)C3NCc4ccccc43)cc2c1Cl. The molecular formula is C21H22ClN3O2. The van der Waals surface area contributed by atoms with Crippen molar-refractivity contribution in [2.45, 2.75) is 31.5 Å². The number of aromatic nitrogens is 1. The molecule has 0 spiro atoms. The summed E-state index contributed by atoms with van der Waals surface area (Å²) in [4.78, 5) is 16.3. The molecule has 1 aromatic heterocycles. The van der Waals surface area contributed by atoms with Crippen molar-refractivity contribution in [3.8, 4) is 0 Å². The molecule has 5 nitrogen and oxygen atoms in total. The maximum Gasteiger partial charge on any atom is 0.200 e. The van der Waals surface area contributed by atoms with E-state index in [0.717, 1.165) is 27.6 Å². The summed E-state index contributed by atoms with van der Waals surface area (Å²) in [5, 5.41) is 13.6. The summed E-state index contributed by atoms with van der Waals surface area (Å²) in [5.41, 5.74) is 10.6. The number of benzene rings is 2. The van der Waals surface area contributed by atoms with E-state index in [0.29, 0.717) is 30.1 Å². The molecule has 0 radical (unpaired) electrons. The van der Waals surface area contributed by atoms with Gasteiger partial charge in [0.25, 0.3) is 0 Å². The number of aliphatic hydroxyl groups excluding tert-OH is 1. The van der Waals surface area contributed by atoms with Gasteiger partial charge in [-0.2, -0.15) is 0 Å². The number of hydrogen-bond donors (Lipinski definition) is 4. The van der Waals surface area contributed by atoms with Crippen molar-refractivity contribution >= 4 is 28.3 Å². The number of halogens is 1. The number of aromatic amines is 1. The van der Waals surface area contributed by atoms with Crippen molar-refractivity contribution < 1.29 is 9.90 Å². The van der Waals surface area contributed by atoms with Crippen LogP contribution in [0, 0.1) is 0 Å². The number of Topliss-reactive ketones (excluding diaryl/α,β-unsaturated/α-hetero) is 1. The van der Waals surface area contributed by atoms with E-state index in [2.05, 4.69) is 10.3 Å². The maximum atomic E-state index is 13.1. The summed E-state index contributed by atoms with van der Waals surface area (Å²) in [6.07, 6.45) is 1.28. The number of rotatable bonds is 6. The topological polar surface area (TPSA) is 91.1 Å². The quantitative estimate of drug-likeness (QED) is 0.489. The first-order valence-corrected chi connectivity index (χ1v) is 9.51. The van der Waals surface area contributed by atoms with Crippen molar-refractivity contribution in [1.82, 2.24) is 10.3 Å². The molecular weight excluding hydrogens is 362 g/mol. The number of H-pyrrole nitrogens is 1. The molecule has 0 aliphatic carbocycles. The lowest BCUT2D eigenvalue weighted by Crippen LogP contribution is -2.22. The van der Waals surface area contributed by atoms with Crippen LogP contribution in [0.5, 0.6) is 0 Å². The van der Waals surface area contributed by atoms with Gasteiger partial charge in [0.15, 0.2) is 5.78 Å². The van der Waals surface area contributed by atoms with Gasteiger partial charge in [-0.1, -0.05) is 41.9 Å². The molecule has 0 amide bonds. The fourth-order valence-corrected chi connectivity index (χ4v) is 4.12. The van der Waals surface area contributed by atoms with Crippen LogP contribution in [-0.4, -0.2) is 22.5 Å². The Labute approximate surface area is 162 Å². The molecule has 2 aromatic carbocycles. The minimum absolute atomic E-state index is 0.00153. The fraction of sp³-hybridized carbons (Fsp3) is 0.286. The van der Waals surface area contributed by atoms with Crippen molar-refractivity contribution in [2.75, 3.05) is 6.61 Å². The zero-order valence-electron chi connectivity index (χ0n) is 14.8. The molecule has 0 saturated carbocycles. The summed E-state index contributed by atoms with van der Waals surface area (Å²) in [7, 11) is 0. The molecule has 140 valence electrons. The van der Waals surface area contributed by atoms with Crippen LogP contribution in [0.3, 0.4) is 0 Å². The monoisotopic (exact) mass is 383 g/mol. The van der Waals surface area contributed by atoms with Gasteiger partial charge in [0.2, 0.25) is 0 Å². The zero-order chi connectivity index (χ0) is 19.0. The number of ketones is 1. The Kier molecular flexibility index (Phi) is 5.02. The number of carbonyl (C=O) groups excluding carboxylic acids is 1. The highest BCUT2D eigenvalue weighted by Gasteiger charge is 2.29. The second-order valence-corrected chi connectivity index (χ2v) is 7.34. The van der Waals surface area contributed by atoms with Crippen LogP contribution in [0.25, 0.3) is 10.9 Å². The van der Waals surface area contributed by atoms with E-state index < -0.39 is 0 Å². The lowest BCUT2D eigenvalue weighted by atomic mass is 9.99. The molecule has 0 bridgehead atoms. The van der Waals surface area contributed by atoms with E-state index in [-0.39, 0.29) is 24.5 Å². The summed E-state index contributed by atoms with van der Waals surface area (Å²) in [5.74, 6) is -0.00153. The molecule has 2 atom stereocenters. The third-order valence-corrected chi connectivity index (χ3v) is 5.65. The van der Waals surface area contributed by atoms with Gasteiger partial charge in [0.1, 0.15) is 0 Å². The van der Waals surface area contributed by atoms with Crippen LogP contribution in [-0.2, 0) is 6.54 Å². The van der Waals surface area contributed by atoms with Crippen LogP contribution in [0.2, 0.25) is 5.02 Å². The molecule has 6 heteroatoms. The Morgan fingerprint density at radius 2 is 2.11 bits per heavy atom. The summed E-state index contributed by atoms with van der Waals surface area (Å²) < 4.78 is 0. The smallest absolute Gasteiger partial charge is 0.200 e. The number of nitrogens with two attached hydrogens (primary N) is 1. The fourth-order valence-electron chi connectivity index (χ4n) is 3.76. The van der Waals surface area contributed by atoms with E-state index in [9.17, 15) is 4.79 Å². The average molecular weight is 384 g/mol. The first-order chi connectivity index (χ1) is 13.1. The van der Waals surface area contributed by atoms with Gasteiger partial charge in [0.05, 0.1) is 16.8 Å². The van der Waals surface area contributed by atoms with Gasteiger partial charge in [-0.15, -0.1) is 0 Å². The predicted molar refractivity (Wildman–Crippen MR) is 107 cm³/mol. The molecule has 1 aliphatic rings. The molecule has 1 aliphatic heterocycles. The number of nitrogens with one attached hydrogen (secondary N) is 2. The number of carbonyl (C=O) groups is 1. The standard InChI is InChI=1S/C21H22ClN3O2/c22-19-14(16(23)6-3-9-26)7-8-17-15(19)10-18(25-17)21(27)20-13-5-2-1-4-12(13)11-24-20/h1-2,4-5,7-8,10,16,20,24-26H,3,6,9,11,23H2. The predicted octanol–water partition coefficient (Wildman–Crippen LogP) is 3.62. The minimum Gasteiger partial charge on any atom is -0.396 e. The molecule has 3 aromatic rings. The van der Waals surface area contributed by atoms with E-state index in [1.54, 1.807) is 0 Å². The third kappa shape index (κ3) is 3.28. The average Bonchev–Trinajstić information content (AvgIpc) is 3.30. The first kappa shape index (κ1) is 18.2. The second kappa shape index (κ2) is 7.44.